The maximum Gasteiger partial charge on any atom is 0.339 e. The number of hydrogen-bond donors (Lipinski definition) is 1. The number of rotatable bonds is 2. The Morgan fingerprint density at radius 3 is 2.89 bits per heavy atom. The Morgan fingerprint density at radius 2 is 2.04 bits per heavy atom. The summed E-state index contributed by atoms with van der Waals surface area (Å²) >= 11 is 1.67. The van der Waals surface area contributed by atoms with E-state index in [1.54, 1.807) is 11.3 Å². The van der Waals surface area contributed by atoms with E-state index in [-0.39, 0.29) is 12.1 Å². The number of carbonyl (C=O) groups excluding carboxylic acids is 1. The van der Waals surface area contributed by atoms with Crippen molar-refractivity contribution in [2.75, 3.05) is 31.1 Å². The van der Waals surface area contributed by atoms with Crippen molar-refractivity contribution in [3.63, 3.8) is 0 Å². The smallest absolute Gasteiger partial charge is 0.339 e. The molecule has 1 N–H and O–H groups in total. The topological polar surface area (TPSA) is 54.5 Å². The van der Waals surface area contributed by atoms with Crippen LogP contribution < -0.4 is 10.2 Å². The van der Waals surface area contributed by atoms with Crippen LogP contribution in [0.25, 0.3) is 10.2 Å². The quantitative estimate of drug-likeness (QED) is 0.691. The standard InChI is InChI=1S/C21H21N3O2S/c1-13-23-18-5-3-15(11-20(18)27-13)19-10-14-2-4-16(12-17(14)21(25)26-19)24-8-6-22-7-9-24/h2-5,11-12,19,22H,6-10H2,1H3. The third kappa shape index (κ3) is 3.09. The van der Waals surface area contributed by atoms with Crippen LogP contribution in [-0.2, 0) is 11.2 Å². The zero-order chi connectivity index (χ0) is 18.4. The minimum atomic E-state index is -0.234. The van der Waals surface area contributed by atoms with Gasteiger partial charge in [-0.05, 0) is 42.3 Å². The highest BCUT2D eigenvalue weighted by molar-refractivity contribution is 7.18. The van der Waals surface area contributed by atoms with Gasteiger partial charge in [-0.15, -0.1) is 11.3 Å². The molecule has 2 aliphatic heterocycles. The molecule has 3 aromatic rings. The highest BCUT2D eigenvalue weighted by Crippen LogP contribution is 2.34. The number of thiazole rings is 1. The highest BCUT2D eigenvalue weighted by atomic mass is 32.1. The summed E-state index contributed by atoms with van der Waals surface area (Å²) in [5, 5.41) is 4.41. The van der Waals surface area contributed by atoms with Gasteiger partial charge < -0.3 is 15.0 Å². The van der Waals surface area contributed by atoms with Gasteiger partial charge in [0.15, 0.2) is 0 Å². The van der Waals surface area contributed by atoms with E-state index in [0.717, 1.165) is 58.2 Å². The van der Waals surface area contributed by atoms with Crippen molar-refractivity contribution in [2.24, 2.45) is 0 Å². The summed E-state index contributed by atoms with van der Waals surface area (Å²) in [6, 6.07) is 12.4. The summed E-state index contributed by atoms with van der Waals surface area (Å²) in [5.41, 5.74) is 4.92. The second-order valence-electron chi connectivity index (χ2n) is 7.14. The van der Waals surface area contributed by atoms with Crippen LogP contribution in [0.5, 0.6) is 0 Å². The fourth-order valence-corrected chi connectivity index (χ4v) is 4.80. The van der Waals surface area contributed by atoms with Gasteiger partial charge >= 0.3 is 5.97 Å². The summed E-state index contributed by atoms with van der Waals surface area (Å²) in [4.78, 5) is 19.5. The average Bonchev–Trinajstić information content (AvgIpc) is 3.07. The maximum atomic E-state index is 12.7. The minimum absolute atomic E-state index is 0.223. The van der Waals surface area contributed by atoms with Gasteiger partial charge in [0.25, 0.3) is 0 Å². The van der Waals surface area contributed by atoms with Crippen molar-refractivity contribution in [1.29, 1.82) is 0 Å². The minimum Gasteiger partial charge on any atom is -0.454 e. The largest absolute Gasteiger partial charge is 0.454 e. The highest BCUT2D eigenvalue weighted by Gasteiger charge is 2.28. The van der Waals surface area contributed by atoms with E-state index in [9.17, 15) is 4.79 Å². The summed E-state index contributed by atoms with van der Waals surface area (Å²) in [5.74, 6) is -0.223. The molecule has 0 radical (unpaired) electrons. The molecule has 5 rings (SSSR count). The molecule has 2 aliphatic rings. The van der Waals surface area contributed by atoms with E-state index in [4.69, 9.17) is 4.74 Å². The molecule has 1 aromatic heterocycles. The number of hydrogen-bond acceptors (Lipinski definition) is 6. The summed E-state index contributed by atoms with van der Waals surface area (Å²) in [6.07, 6.45) is 0.480. The van der Waals surface area contributed by atoms with Crippen molar-refractivity contribution < 1.29 is 9.53 Å². The predicted molar refractivity (Wildman–Crippen MR) is 108 cm³/mol. The first-order valence-corrected chi connectivity index (χ1v) is 10.2. The Balaban J connectivity index is 1.43. The number of anilines is 1. The number of benzene rings is 2. The number of cyclic esters (lactones) is 1. The Kier molecular flexibility index (Phi) is 4.10. The molecule has 0 saturated carbocycles. The van der Waals surface area contributed by atoms with Crippen LogP contribution in [0, 0.1) is 6.92 Å². The maximum absolute atomic E-state index is 12.7. The number of carbonyl (C=O) groups is 1. The predicted octanol–water partition coefficient (Wildman–Crippen LogP) is 3.47. The van der Waals surface area contributed by atoms with Crippen molar-refractivity contribution in [2.45, 2.75) is 19.4 Å². The lowest BCUT2D eigenvalue weighted by Gasteiger charge is -2.31. The van der Waals surface area contributed by atoms with Gasteiger partial charge in [0.1, 0.15) is 6.10 Å². The van der Waals surface area contributed by atoms with E-state index < -0.39 is 0 Å². The molecule has 1 unspecified atom stereocenters. The normalized spacial score (nSPS) is 19.8. The molecule has 0 aliphatic carbocycles. The molecule has 0 bridgehead atoms. The Labute approximate surface area is 162 Å². The molecule has 3 heterocycles. The van der Waals surface area contributed by atoms with Crippen LogP contribution in [0.3, 0.4) is 0 Å². The summed E-state index contributed by atoms with van der Waals surface area (Å²) in [7, 11) is 0. The van der Waals surface area contributed by atoms with Crippen LogP contribution in [0.1, 0.15) is 32.6 Å². The first-order chi connectivity index (χ1) is 13.2. The molecule has 6 heteroatoms. The van der Waals surface area contributed by atoms with Crippen molar-refractivity contribution in [3.05, 3.63) is 58.1 Å². The van der Waals surface area contributed by atoms with E-state index in [1.165, 1.54) is 0 Å². The summed E-state index contributed by atoms with van der Waals surface area (Å²) in [6.45, 7) is 5.89. The number of esters is 1. The van der Waals surface area contributed by atoms with E-state index in [0.29, 0.717) is 12.0 Å². The molecule has 0 spiro atoms. The van der Waals surface area contributed by atoms with E-state index in [1.807, 2.05) is 25.1 Å². The van der Waals surface area contributed by atoms with Gasteiger partial charge in [-0.25, -0.2) is 9.78 Å². The van der Waals surface area contributed by atoms with Crippen LogP contribution >= 0.6 is 11.3 Å². The molecular formula is C21H21N3O2S. The lowest BCUT2D eigenvalue weighted by Crippen LogP contribution is -2.43. The third-order valence-corrected chi connectivity index (χ3v) is 6.27. The second kappa shape index (κ2) is 6.62. The summed E-state index contributed by atoms with van der Waals surface area (Å²) < 4.78 is 6.95. The Bertz CT molecular complexity index is 1020. The number of nitrogens with zero attached hydrogens (tertiary/aromatic N) is 2. The molecule has 1 saturated heterocycles. The van der Waals surface area contributed by atoms with Gasteiger partial charge in [-0.3, -0.25) is 0 Å². The van der Waals surface area contributed by atoms with Gasteiger partial charge in [0, 0.05) is 38.3 Å². The lowest BCUT2D eigenvalue weighted by atomic mass is 9.94. The molecule has 1 fully saturated rings. The van der Waals surface area contributed by atoms with Crippen LogP contribution in [0.2, 0.25) is 0 Å². The van der Waals surface area contributed by atoms with Gasteiger partial charge in [0.2, 0.25) is 0 Å². The molecule has 27 heavy (non-hydrogen) atoms. The number of aromatic nitrogens is 1. The average molecular weight is 379 g/mol. The second-order valence-corrected chi connectivity index (χ2v) is 8.37. The van der Waals surface area contributed by atoms with E-state index >= 15 is 0 Å². The van der Waals surface area contributed by atoms with Crippen molar-refractivity contribution in [1.82, 2.24) is 10.3 Å². The molecule has 138 valence electrons. The van der Waals surface area contributed by atoms with Crippen LogP contribution in [0.15, 0.2) is 36.4 Å². The fraction of sp³-hybridized carbons (Fsp3) is 0.333. The molecule has 1 atom stereocenters. The zero-order valence-corrected chi connectivity index (χ0v) is 16.0. The number of aryl methyl sites for hydroxylation is 1. The SMILES string of the molecule is Cc1nc2ccc(C3Cc4ccc(N5CCNCC5)cc4C(=O)O3)cc2s1. The Morgan fingerprint density at radius 1 is 1.19 bits per heavy atom. The Hall–Kier alpha value is -2.44. The first-order valence-electron chi connectivity index (χ1n) is 9.34. The molecular weight excluding hydrogens is 358 g/mol. The monoisotopic (exact) mass is 379 g/mol. The third-order valence-electron chi connectivity index (χ3n) is 5.34. The van der Waals surface area contributed by atoms with Gasteiger partial charge in [-0.2, -0.15) is 0 Å². The number of ether oxygens (including phenoxy) is 1. The van der Waals surface area contributed by atoms with Gasteiger partial charge in [-0.1, -0.05) is 12.1 Å². The first kappa shape index (κ1) is 16.7. The molecule has 0 amide bonds. The number of nitrogens with one attached hydrogen (secondary N) is 1. The van der Waals surface area contributed by atoms with Crippen molar-refractivity contribution >= 4 is 33.2 Å². The molecule has 5 nitrogen and oxygen atoms in total. The lowest BCUT2D eigenvalue weighted by molar-refractivity contribution is 0.0253. The van der Waals surface area contributed by atoms with Crippen molar-refractivity contribution in [3.8, 4) is 0 Å². The van der Waals surface area contributed by atoms with Gasteiger partial charge in [0.05, 0.1) is 20.8 Å². The van der Waals surface area contributed by atoms with Crippen LogP contribution in [0.4, 0.5) is 5.69 Å². The van der Waals surface area contributed by atoms with E-state index in [2.05, 4.69) is 33.4 Å². The zero-order valence-electron chi connectivity index (χ0n) is 15.2. The number of piperazine rings is 1. The fourth-order valence-electron chi connectivity index (χ4n) is 3.93. The molecule has 2 aromatic carbocycles. The number of fused-ring (bicyclic) bond motifs is 2. The van der Waals surface area contributed by atoms with Crippen LogP contribution in [-0.4, -0.2) is 37.1 Å².